The third-order valence-corrected chi connectivity index (χ3v) is 3.25. The predicted molar refractivity (Wildman–Crippen MR) is 76.4 cm³/mol. The zero-order chi connectivity index (χ0) is 14.3. The summed E-state index contributed by atoms with van der Waals surface area (Å²) in [5.74, 6) is 0.136. The van der Waals surface area contributed by atoms with Gasteiger partial charge in [0.15, 0.2) is 5.84 Å². The standard InChI is InChI=1S/C14H23N3O2/c1-11(7-8-19-3)17(2)10-12-5-4-6-13(9-12)14(15)16-18/h4-6,9,11,18H,7-8,10H2,1-3H3,(H2,15,16). The topological polar surface area (TPSA) is 71.1 Å². The molecule has 1 aromatic carbocycles. The van der Waals surface area contributed by atoms with Gasteiger partial charge < -0.3 is 15.7 Å². The SMILES string of the molecule is COCCC(C)N(C)Cc1cccc(/C(N)=N/O)c1. The van der Waals surface area contributed by atoms with Crippen molar-refractivity contribution in [3.8, 4) is 0 Å². The molecule has 0 aliphatic heterocycles. The van der Waals surface area contributed by atoms with Crippen molar-refractivity contribution in [3.63, 3.8) is 0 Å². The fourth-order valence-electron chi connectivity index (χ4n) is 1.84. The smallest absolute Gasteiger partial charge is 0.170 e. The van der Waals surface area contributed by atoms with E-state index in [1.54, 1.807) is 7.11 Å². The number of ether oxygens (including phenoxy) is 1. The van der Waals surface area contributed by atoms with Crippen molar-refractivity contribution in [2.75, 3.05) is 20.8 Å². The molecular formula is C14H23N3O2. The lowest BCUT2D eigenvalue weighted by Gasteiger charge is -2.24. The second-order valence-electron chi connectivity index (χ2n) is 4.73. The number of hydrogen-bond donors (Lipinski definition) is 2. The van der Waals surface area contributed by atoms with Crippen LogP contribution in [0.2, 0.25) is 0 Å². The number of nitrogens with two attached hydrogens (primary N) is 1. The second kappa shape index (κ2) is 7.76. The lowest BCUT2D eigenvalue weighted by Crippen LogP contribution is -2.29. The average molecular weight is 265 g/mol. The summed E-state index contributed by atoms with van der Waals surface area (Å²) in [6.07, 6.45) is 0.993. The van der Waals surface area contributed by atoms with Crippen molar-refractivity contribution < 1.29 is 9.94 Å². The zero-order valence-corrected chi connectivity index (χ0v) is 11.8. The normalized spacial score (nSPS) is 13.8. The van der Waals surface area contributed by atoms with Crippen LogP contribution in [0.25, 0.3) is 0 Å². The zero-order valence-electron chi connectivity index (χ0n) is 11.8. The average Bonchev–Trinajstić information content (AvgIpc) is 2.44. The molecule has 0 saturated heterocycles. The molecule has 3 N–H and O–H groups in total. The van der Waals surface area contributed by atoms with Gasteiger partial charge in [0.05, 0.1) is 0 Å². The molecule has 1 atom stereocenters. The second-order valence-corrected chi connectivity index (χ2v) is 4.73. The van der Waals surface area contributed by atoms with Gasteiger partial charge in [-0.1, -0.05) is 23.4 Å². The highest BCUT2D eigenvalue weighted by Gasteiger charge is 2.10. The molecule has 0 aliphatic carbocycles. The van der Waals surface area contributed by atoms with Crippen LogP contribution in [0.5, 0.6) is 0 Å². The van der Waals surface area contributed by atoms with Gasteiger partial charge in [0.25, 0.3) is 0 Å². The summed E-state index contributed by atoms with van der Waals surface area (Å²) in [6.45, 7) is 3.75. The molecule has 19 heavy (non-hydrogen) atoms. The Morgan fingerprint density at radius 3 is 2.89 bits per heavy atom. The quantitative estimate of drug-likeness (QED) is 0.340. The van der Waals surface area contributed by atoms with Gasteiger partial charge in [-0.2, -0.15) is 0 Å². The predicted octanol–water partition coefficient (Wildman–Crippen LogP) is 1.64. The first-order valence-corrected chi connectivity index (χ1v) is 6.34. The van der Waals surface area contributed by atoms with E-state index in [0.29, 0.717) is 6.04 Å². The number of methoxy groups -OCH3 is 1. The number of nitrogens with zero attached hydrogens (tertiary/aromatic N) is 2. The Hall–Kier alpha value is -1.59. The molecule has 1 unspecified atom stereocenters. The Balaban J connectivity index is 2.66. The number of amidine groups is 1. The molecular weight excluding hydrogens is 242 g/mol. The monoisotopic (exact) mass is 265 g/mol. The Labute approximate surface area is 114 Å². The summed E-state index contributed by atoms with van der Waals surface area (Å²) in [6, 6.07) is 8.15. The molecule has 0 aliphatic rings. The van der Waals surface area contributed by atoms with Crippen LogP contribution in [0.4, 0.5) is 0 Å². The highest BCUT2D eigenvalue weighted by Crippen LogP contribution is 2.11. The van der Waals surface area contributed by atoms with Gasteiger partial charge in [-0.3, -0.25) is 4.90 Å². The highest BCUT2D eigenvalue weighted by atomic mass is 16.5. The van der Waals surface area contributed by atoms with E-state index in [1.165, 1.54) is 0 Å². The number of benzene rings is 1. The maximum atomic E-state index is 8.68. The summed E-state index contributed by atoms with van der Waals surface area (Å²) >= 11 is 0. The van der Waals surface area contributed by atoms with Gasteiger partial charge in [-0.05, 0) is 32.0 Å². The van der Waals surface area contributed by atoms with E-state index >= 15 is 0 Å². The molecule has 0 bridgehead atoms. The molecule has 0 amide bonds. The third-order valence-electron chi connectivity index (χ3n) is 3.25. The minimum absolute atomic E-state index is 0.136. The van der Waals surface area contributed by atoms with E-state index in [2.05, 4.69) is 24.0 Å². The summed E-state index contributed by atoms with van der Waals surface area (Å²) in [5.41, 5.74) is 7.46. The van der Waals surface area contributed by atoms with Crippen molar-refractivity contribution >= 4 is 5.84 Å². The fourth-order valence-corrected chi connectivity index (χ4v) is 1.84. The van der Waals surface area contributed by atoms with Gasteiger partial charge >= 0.3 is 0 Å². The minimum Gasteiger partial charge on any atom is -0.409 e. The maximum Gasteiger partial charge on any atom is 0.170 e. The first-order valence-electron chi connectivity index (χ1n) is 6.34. The molecule has 1 aromatic rings. The Bertz CT molecular complexity index is 421. The van der Waals surface area contributed by atoms with E-state index in [0.717, 1.165) is 30.7 Å². The lowest BCUT2D eigenvalue weighted by molar-refractivity contribution is 0.150. The first-order chi connectivity index (χ1) is 9.08. The summed E-state index contributed by atoms with van der Waals surface area (Å²) in [5, 5.41) is 11.7. The van der Waals surface area contributed by atoms with Crippen molar-refractivity contribution in [1.29, 1.82) is 0 Å². The van der Waals surface area contributed by atoms with Gasteiger partial charge in [-0.15, -0.1) is 0 Å². The van der Waals surface area contributed by atoms with Crippen LogP contribution in [0.15, 0.2) is 29.4 Å². The Kier molecular flexibility index (Phi) is 6.32. The summed E-state index contributed by atoms with van der Waals surface area (Å²) in [7, 11) is 3.80. The molecule has 106 valence electrons. The van der Waals surface area contributed by atoms with Crippen molar-refractivity contribution in [2.24, 2.45) is 10.9 Å². The number of oxime groups is 1. The van der Waals surface area contributed by atoms with Crippen LogP contribution in [0.1, 0.15) is 24.5 Å². The van der Waals surface area contributed by atoms with Crippen molar-refractivity contribution in [2.45, 2.75) is 25.9 Å². The summed E-state index contributed by atoms with van der Waals surface area (Å²) < 4.78 is 5.09. The minimum atomic E-state index is 0.136. The van der Waals surface area contributed by atoms with E-state index < -0.39 is 0 Å². The van der Waals surface area contributed by atoms with Crippen molar-refractivity contribution in [3.05, 3.63) is 35.4 Å². The van der Waals surface area contributed by atoms with Gasteiger partial charge in [0, 0.05) is 31.9 Å². The van der Waals surface area contributed by atoms with Crippen LogP contribution in [0.3, 0.4) is 0 Å². The van der Waals surface area contributed by atoms with E-state index in [4.69, 9.17) is 15.7 Å². The highest BCUT2D eigenvalue weighted by molar-refractivity contribution is 5.97. The maximum absolute atomic E-state index is 8.68. The van der Waals surface area contributed by atoms with Crippen molar-refractivity contribution in [1.82, 2.24) is 4.90 Å². The van der Waals surface area contributed by atoms with Crippen LogP contribution >= 0.6 is 0 Å². The van der Waals surface area contributed by atoms with Crippen LogP contribution in [-0.2, 0) is 11.3 Å². The van der Waals surface area contributed by atoms with E-state index in [9.17, 15) is 0 Å². The van der Waals surface area contributed by atoms with Crippen LogP contribution in [0, 0.1) is 0 Å². The lowest BCUT2D eigenvalue weighted by atomic mass is 10.1. The molecule has 0 spiro atoms. The Morgan fingerprint density at radius 1 is 1.53 bits per heavy atom. The van der Waals surface area contributed by atoms with Crippen LogP contribution < -0.4 is 5.73 Å². The summed E-state index contributed by atoms with van der Waals surface area (Å²) in [4.78, 5) is 2.25. The Morgan fingerprint density at radius 2 is 2.26 bits per heavy atom. The molecule has 1 rings (SSSR count). The molecule has 0 saturated carbocycles. The molecule has 0 aromatic heterocycles. The first kappa shape index (κ1) is 15.5. The number of hydrogen-bond acceptors (Lipinski definition) is 4. The van der Waals surface area contributed by atoms with Gasteiger partial charge in [0.2, 0.25) is 0 Å². The van der Waals surface area contributed by atoms with E-state index in [-0.39, 0.29) is 5.84 Å². The third kappa shape index (κ3) is 4.89. The molecule has 0 radical (unpaired) electrons. The molecule has 0 heterocycles. The molecule has 5 nitrogen and oxygen atoms in total. The van der Waals surface area contributed by atoms with Crippen LogP contribution in [-0.4, -0.2) is 42.7 Å². The molecule has 5 heteroatoms. The van der Waals surface area contributed by atoms with E-state index in [1.807, 2.05) is 24.3 Å². The van der Waals surface area contributed by atoms with Gasteiger partial charge in [0.1, 0.15) is 0 Å². The number of rotatable bonds is 7. The largest absolute Gasteiger partial charge is 0.409 e. The fraction of sp³-hybridized carbons (Fsp3) is 0.500. The molecule has 0 fully saturated rings. The van der Waals surface area contributed by atoms with Gasteiger partial charge in [-0.25, -0.2) is 0 Å².